The van der Waals surface area contributed by atoms with E-state index in [1.165, 1.54) is 11.1 Å². The summed E-state index contributed by atoms with van der Waals surface area (Å²) in [6.45, 7) is 7.63. The molecule has 0 saturated carbocycles. The number of aryl methyl sites for hydroxylation is 1. The predicted octanol–water partition coefficient (Wildman–Crippen LogP) is 3.31. The lowest BCUT2D eigenvalue weighted by molar-refractivity contribution is 0.693. The second-order valence-corrected chi connectivity index (χ2v) is 3.76. The second-order valence-electron chi connectivity index (χ2n) is 3.32. The van der Waals surface area contributed by atoms with Gasteiger partial charge >= 0.3 is 0 Å². The molecule has 0 fully saturated rings. The number of nitrogens with one attached hydrogen (secondary N) is 1. The molecule has 0 radical (unpaired) electrons. The molecule has 1 N–H and O–H groups in total. The lowest BCUT2D eigenvalue weighted by Crippen LogP contribution is -2.14. The van der Waals surface area contributed by atoms with Gasteiger partial charge in [0.2, 0.25) is 0 Å². The standard InChI is InChI=1S/C12H16ClN/c1-3-4-7-14-9-11-5-6-12(13)8-10(11)2/h3,5-6,8,14H,1,4,7,9H2,2H3. The fraction of sp³-hybridized carbons (Fsp3) is 0.333. The SMILES string of the molecule is C=CCCNCc1ccc(Cl)cc1C. The van der Waals surface area contributed by atoms with Crippen LogP contribution in [0.2, 0.25) is 5.02 Å². The van der Waals surface area contributed by atoms with Crippen LogP contribution in [-0.4, -0.2) is 6.54 Å². The first-order valence-electron chi connectivity index (χ1n) is 4.80. The Morgan fingerprint density at radius 3 is 2.93 bits per heavy atom. The Morgan fingerprint density at radius 1 is 1.50 bits per heavy atom. The van der Waals surface area contributed by atoms with Crippen LogP contribution in [0.4, 0.5) is 0 Å². The Bertz CT molecular complexity index is 307. The Hall–Kier alpha value is -0.790. The van der Waals surface area contributed by atoms with Gasteiger partial charge in [-0.05, 0) is 43.1 Å². The molecule has 0 unspecified atom stereocenters. The summed E-state index contributed by atoms with van der Waals surface area (Å²) in [6.07, 6.45) is 2.92. The lowest BCUT2D eigenvalue weighted by Gasteiger charge is -2.07. The van der Waals surface area contributed by atoms with E-state index in [2.05, 4.69) is 24.9 Å². The Kier molecular flexibility index (Phi) is 4.71. The smallest absolute Gasteiger partial charge is 0.0408 e. The Morgan fingerprint density at radius 2 is 2.29 bits per heavy atom. The number of hydrogen-bond acceptors (Lipinski definition) is 1. The quantitative estimate of drug-likeness (QED) is 0.580. The maximum Gasteiger partial charge on any atom is 0.0408 e. The van der Waals surface area contributed by atoms with E-state index in [1.807, 2.05) is 18.2 Å². The maximum absolute atomic E-state index is 5.87. The second kappa shape index (κ2) is 5.84. The van der Waals surface area contributed by atoms with Crippen molar-refractivity contribution in [3.05, 3.63) is 47.0 Å². The first-order chi connectivity index (χ1) is 6.74. The van der Waals surface area contributed by atoms with Crippen molar-refractivity contribution in [2.75, 3.05) is 6.54 Å². The normalized spacial score (nSPS) is 10.1. The fourth-order valence-electron chi connectivity index (χ4n) is 1.28. The molecule has 1 aromatic rings. The number of benzene rings is 1. The van der Waals surface area contributed by atoms with E-state index < -0.39 is 0 Å². The van der Waals surface area contributed by atoms with Gasteiger partial charge in [-0.1, -0.05) is 23.7 Å². The molecule has 0 heterocycles. The molecule has 0 saturated heterocycles. The molecule has 1 rings (SSSR count). The third kappa shape index (κ3) is 3.52. The molecular formula is C12H16ClN. The summed E-state index contributed by atoms with van der Waals surface area (Å²) in [7, 11) is 0. The number of halogens is 1. The zero-order chi connectivity index (χ0) is 10.4. The maximum atomic E-state index is 5.87. The van der Waals surface area contributed by atoms with Gasteiger partial charge in [0.1, 0.15) is 0 Å². The fourth-order valence-corrected chi connectivity index (χ4v) is 1.51. The highest BCUT2D eigenvalue weighted by molar-refractivity contribution is 6.30. The summed E-state index contributed by atoms with van der Waals surface area (Å²) in [6, 6.07) is 5.99. The summed E-state index contributed by atoms with van der Waals surface area (Å²) < 4.78 is 0. The van der Waals surface area contributed by atoms with Gasteiger partial charge in [-0.15, -0.1) is 6.58 Å². The highest BCUT2D eigenvalue weighted by Gasteiger charge is 1.97. The van der Waals surface area contributed by atoms with Crippen LogP contribution in [0.25, 0.3) is 0 Å². The highest BCUT2D eigenvalue weighted by Crippen LogP contribution is 2.14. The van der Waals surface area contributed by atoms with Crippen LogP contribution in [0.5, 0.6) is 0 Å². The average Bonchev–Trinajstić information content (AvgIpc) is 2.15. The summed E-state index contributed by atoms with van der Waals surface area (Å²) in [4.78, 5) is 0. The minimum atomic E-state index is 0.803. The molecule has 1 nitrogen and oxygen atoms in total. The molecule has 0 bridgehead atoms. The largest absolute Gasteiger partial charge is 0.312 e. The lowest BCUT2D eigenvalue weighted by atomic mass is 10.1. The zero-order valence-electron chi connectivity index (χ0n) is 8.52. The average molecular weight is 210 g/mol. The van der Waals surface area contributed by atoms with Crippen LogP contribution in [-0.2, 0) is 6.54 Å². The van der Waals surface area contributed by atoms with Gasteiger partial charge in [0, 0.05) is 11.6 Å². The van der Waals surface area contributed by atoms with Gasteiger partial charge in [-0.2, -0.15) is 0 Å². The van der Waals surface area contributed by atoms with Crippen molar-refractivity contribution in [1.82, 2.24) is 5.32 Å². The van der Waals surface area contributed by atoms with Gasteiger partial charge < -0.3 is 5.32 Å². The number of rotatable bonds is 5. The van der Waals surface area contributed by atoms with E-state index in [-0.39, 0.29) is 0 Å². The van der Waals surface area contributed by atoms with Gasteiger partial charge in [0.25, 0.3) is 0 Å². The topological polar surface area (TPSA) is 12.0 Å². The van der Waals surface area contributed by atoms with E-state index in [0.717, 1.165) is 24.5 Å². The van der Waals surface area contributed by atoms with Crippen LogP contribution >= 0.6 is 11.6 Å². The predicted molar refractivity (Wildman–Crippen MR) is 62.7 cm³/mol. The molecule has 0 spiro atoms. The zero-order valence-corrected chi connectivity index (χ0v) is 9.27. The molecule has 14 heavy (non-hydrogen) atoms. The molecule has 0 aliphatic rings. The van der Waals surface area contributed by atoms with Gasteiger partial charge in [0.15, 0.2) is 0 Å². The van der Waals surface area contributed by atoms with Crippen molar-refractivity contribution in [2.45, 2.75) is 19.9 Å². The first-order valence-corrected chi connectivity index (χ1v) is 5.18. The van der Waals surface area contributed by atoms with Crippen molar-refractivity contribution >= 4 is 11.6 Å². The minimum absolute atomic E-state index is 0.803. The van der Waals surface area contributed by atoms with Crippen molar-refractivity contribution in [1.29, 1.82) is 0 Å². The van der Waals surface area contributed by atoms with Crippen molar-refractivity contribution in [3.63, 3.8) is 0 Å². The Balaban J connectivity index is 2.46. The molecular weight excluding hydrogens is 194 g/mol. The Labute approximate surface area is 90.8 Å². The third-order valence-corrected chi connectivity index (χ3v) is 2.38. The molecule has 0 aliphatic carbocycles. The van der Waals surface area contributed by atoms with Crippen LogP contribution in [0.3, 0.4) is 0 Å². The molecule has 0 aromatic heterocycles. The molecule has 1 aromatic carbocycles. The van der Waals surface area contributed by atoms with E-state index in [4.69, 9.17) is 11.6 Å². The molecule has 0 aliphatic heterocycles. The van der Waals surface area contributed by atoms with Crippen molar-refractivity contribution in [2.24, 2.45) is 0 Å². The van der Waals surface area contributed by atoms with E-state index >= 15 is 0 Å². The third-order valence-electron chi connectivity index (χ3n) is 2.15. The van der Waals surface area contributed by atoms with Crippen molar-refractivity contribution in [3.8, 4) is 0 Å². The van der Waals surface area contributed by atoms with Gasteiger partial charge in [-0.25, -0.2) is 0 Å². The molecule has 0 amide bonds. The highest BCUT2D eigenvalue weighted by atomic mass is 35.5. The van der Waals surface area contributed by atoms with E-state index in [9.17, 15) is 0 Å². The monoisotopic (exact) mass is 209 g/mol. The van der Waals surface area contributed by atoms with Gasteiger partial charge in [0.05, 0.1) is 0 Å². The van der Waals surface area contributed by atoms with Crippen LogP contribution in [0, 0.1) is 6.92 Å². The molecule has 76 valence electrons. The summed E-state index contributed by atoms with van der Waals surface area (Å²) >= 11 is 5.87. The summed E-state index contributed by atoms with van der Waals surface area (Å²) in [5.74, 6) is 0. The molecule has 2 heteroatoms. The first kappa shape index (κ1) is 11.3. The van der Waals surface area contributed by atoms with Gasteiger partial charge in [-0.3, -0.25) is 0 Å². The minimum Gasteiger partial charge on any atom is -0.312 e. The summed E-state index contributed by atoms with van der Waals surface area (Å²) in [5, 5.41) is 4.15. The van der Waals surface area contributed by atoms with E-state index in [0.29, 0.717) is 0 Å². The van der Waals surface area contributed by atoms with Crippen LogP contribution in [0.1, 0.15) is 17.5 Å². The van der Waals surface area contributed by atoms with Crippen molar-refractivity contribution < 1.29 is 0 Å². The number of hydrogen-bond donors (Lipinski definition) is 1. The van der Waals surface area contributed by atoms with Crippen LogP contribution in [0.15, 0.2) is 30.9 Å². The molecule has 0 atom stereocenters. The van der Waals surface area contributed by atoms with E-state index in [1.54, 1.807) is 0 Å². The van der Waals surface area contributed by atoms with Crippen LogP contribution < -0.4 is 5.32 Å². The summed E-state index contributed by atoms with van der Waals surface area (Å²) in [5.41, 5.74) is 2.54.